The number of carbonyl (C=O) groups is 1. The van der Waals surface area contributed by atoms with Crippen molar-refractivity contribution in [1.82, 2.24) is 5.32 Å². The van der Waals surface area contributed by atoms with Crippen LogP contribution in [-0.4, -0.2) is 25.7 Å². The maximum atomic E-state index is 12.6. The highest BCUT2D eigenvalue weighted by Gasteiger charge is 2.29. The number of amides is 1. The Morgan fingerprint density at radius 2 is 1.85 bits per heavy atom. The average molecular weight is 387 g/mol. The molecule has 142 valence electrons. The first-order valence-corrected chi connectivity index (χ1v) is 9.01. The Balaban J connectivity index is 1.99. The molecule has 0 unspecified atom stereocenters. The lowest BCUT2D eigenvalue weighted by atomic mass is 9.85. The Hall–Kier alpha value is -2.66. The summed E-state index contributed by atoms with van der Waals surface area (Å²) in [4.78, 5) is 12.6. The number of rotatable bonds is 4. The molecule has 0 saturated carbocycles. The quantitative estimate of drug-likeness (QED) is 0.771. The fraction of sp³-hybridized carbons (Fsp3) is 0.286. The molecular formula is C21H23ClN2O3. The maximum Gasteiger partial charge on any atom is 0.250 e. The minimum absolute atomic E-state index is 0.205. The van der Waals surface area contributed by atoms with Gasteiger partial charge in [0.05, 0.1) is 24.9 Å². The normalized spacial score (nSPS) is 16.3. The van der Waals surface area contributed by atoms with E-state index >= 15 is 0 Å². The molecule has 1 heterocycles. The van der Waals surface area contributed by atoms with Crippen LogP contribution in [0.3, 0.4) is 0 Å². The van der Waals surface area contributed by atoms with Crippen molar-refractivity contribution in [2.24, 2.45) is 0 Å². The van der Waals surface area contributed by atoms with Crippen molar-refractivity contribution in [3.8, 4) is 11.5 Å². The van der Waals surface area contributed by atoms with E-state index in [1.165, 1.54) is 0 Å². The number of anilines is 1. The number of halogens is 1. The molecule has 0 bridgehead atoms. The smallest absolute Gasteiger partial charge is 0.250 e. The number of para-hydroxylation sites is 1. The Morgan fingerprint density at radius 3 is 2.52 bits per heavy atom. The molecule has 0 radical (unpaired) electrons. The number of carbonyl (C=O) groups excluding carboxylic acids is 1. The van der Waals surface area contributed by atoms with Gasteiger partial charge in [-0.3, -0.25) is 4.79 Å². The van der Waals surface area contributed by atoms with Crippen molar-refractivity contribution in [1.29, 1.82) is 0 Å². The van der Waals surface area contributed by atoms with Gasteiger partial charge in [-0.1, -0.05) is 23.7 Å². The number of methoxy groups -OCH3 is 2. The zero-order chi connectivity index (χ0) is 19.6. The number of ether oxygens (including phenoxy) is 2. The molecule has 1 aliphatic rings. The number of hydrogen-bond donors (Lipinski definition) is 2. The lowest BCUT2D eigenvalue weighted by Crippen LogP contribution is -2.44. The predicted octanol–water partition coefficient (Wildman–Crippen LogP) is 4.26. The molecule has 0 aliphatic carbocycles. The molecule has 1 amide bonds. The molecule has 0 aromatic heterocycles. The summed E-state index contributed by atoms with van der Waals surface area (Å²) >= 11 is 6.13. The number of benzene rings is 2. The first-order valence-electron chi connectivity index (χ1n) is 8.63. The summed E-state index contributed by atoms with van der Waals surface area (Å²) in [5.41, 5.74) is 3.10. The van der Waals surface area contributed by atoms with Crippen LogP contribution in [-0.2, 0) is 11.2 Å². The Morgan fingerprint density at radius 1 is 1.19 bits per heavy atom. The highest BCUT2D eigenvalue weighted by molar-refractivity contribution is 6.33. The van der Waals surface area contributed by atoms with E-state index in [9.17, 15) is 4.79 Å². The summed E-state index contributed by atoms with van der Waals surface area (Å²) in [7, 11) is 3.21. The third-order valence-corrected chi connectivity index (χ3v) is 4.74. The SMILES string of the molecule is COc1cc2c(cc1OC)C(=CC(=O)Nc1ccccc1Cl)NC(C)(C)C2. The van der Waals surface area contributed by atoms with Gasteiger partial charge in [-0.25, -0.2) is 0 Å². The first-order chi connectivity index (χ1) is 12.8. The molecule has 6 heteroatoms. The van der Waals surface area contributed by atoms with E-state index in [0.717, 1.165) is 23.2 Å². The second kappa shape index (κ2) is 7.53. The second-order valence-electron chi connectivity index (χ2n) is 7.08. The maximum absolute atomic E-state index is 12.6. The van der Waals surface area contributed by atoms with Crippen molar-refractivity contribution in [2.75, 3.05) is 19.5 Å². The van der Waals surface area contributed by atoms with Gasteiger partial charge in [-0.15, -0.1) is 0 Å². The summed E-state index contributed by atoms with van der Waals surface area (Å²) in [6.07, 6.45) is 2.35. The van der Waals surface area contributed by atoms with Gasteiger partial charge in [0.1, 0.15) is 0 Å². The lowest BCUT2D eigenvalue weighted by molar-refractivity contribution is -0.111. The van der Waals surface area contributed by atoms with Crippen LogP contribution in [0.2, 0.25) is 5.02 Å². The van der Waals surface area contributed by atoms with Crippen molar-refractivity contribution in [2.45, 2.75) is 25.8 Å². The molecule has 27 heavy (non-hydrogen) atoms. The predicted molar refractivity (Wildman–Crippen MR) is 109 cm³/mol. The average Bonchev–Trinajstić information content (AvgIpc) is 2.61. The van der Waals surface area contributed by atoms with Crippen molar-refractivity contribution >= 4 is 28.9 Å². The monoisotopic (exact) mass is 386 g/mol. The zero-order valence-electron chi connectivity index (χ0n) is 15.9. The molecule has 3 rings (SSSR count). The summed E-state index contributed by atoms with van der Waals surface area (Å²) in [5, 5.41) is 6.76. The van der Waals surface area contributed by atoms with E-state index in [4.69, 9.17) is 21.1 Å². The van der Waals surface area contributed by atoms with E-state index in [0.29, 0.717) is 22.2 Å². The topological polar surface area (TPSA) is 59.6 Å². The molecule has 0 atom stereocenters. The number of hydrogen-bond acceptors (Lipinski definition) is 4. The van der Waals surface area contributed by atoms with Crippen LogP contribution >= 0.6 is 11.6 Å². The molecule has 2 N–H and O–H groups in total. The van der Waals surface area contributed by atoms with E-state index in [2.05, 4.69) is 24.5 Å². The minimum Gasteiger partial charge on any atom is -0.493 e. The molecule has 2 aromatic rings. The Bertz CT molecular complexity index is 906. The number of fused-ring (bicyclic) bond motifs is 1. The van der Waals surface area contributed by atoms with Gasteiger partial charge in [-0.2, -0.15) is 0 Å². The highest BCUT2D eigenvalue weighted by atomic mass is 35.5. The third-order valence-electron chi connectivity index (χ3n) is 4.41. The standard InChI is InChI=1S/C21H23ClN2O3/c1-21(2)12-13-9-18(26-3)19(27-4)10-14(13)17(24-21)11-20(25)23-16-8-6-5-7-15(16)22/h5-11,24H,12H2,1-4H3,(H,23,25). The second-order valence-corrected chi connectivity index (χ2v) is 7.48. The van der Waals surface area contributed by atoms with E-state index in [1.807, 2.05) is 24.3 Å². The van der Waals surface area contributed by atoms with Crippen LogP contribution in [0, 0.1) is 0 Å². The van der Waals surface area contributed by atoms with Gasteiger partial charge in [0.2, 0.25) is 0 Å². The third kappa shape index (κ3) is 4.19. The summed E-state index contributed by atoms with van der Waals surface area (Å²) in [6, 6.07) is 11.0. The van der Waals surface area contributed by atoms with Crippen molar-refractivity contribution < 1.29 is 14.3 Å². The van der Waals surface area contributed by atoms with Crippen molar-refractivity contribution in [3.05, 3.63) is 58.6 Å². The molecule has 0 fully saturated rings. The summed E-state index contributed by atoms with van der Waals surface area (Å²) < 4.78 is 10.8. The van der Waals surface area contributed by atoms with Gasteiger partial charge < -0.3 is 20.1 Å². The van der Waals surface area contributed by atoms with E-state index in [1.54, 1.807) is 32.4 Å². The van der Waals surface area contributed by atoms with E-state index in [-0.39, 0.29) is 11.4 Å². The number of nitrogens with one attached hydrogen (secondary N) is 2. The lowest BCUT2D eigenvalue weighted by Gasteiger charge is -2.36. The largest absolute Gasteiger partial charge is 0.493 e. The van der Waals surface area contributed by atoms with E-state index < -0.39 is 0 Å². The van der Waals surface area contributed by atoms with Gasteiger partial charge in [0, 0.05) is 22.9 Å². The van der Waals surface area contributed by atoms with Crippen LogP contribution < -0.4 is 20.1 Å². The molecule has 0 saturated heterocycles. The Kier molecular flexibility index (Phi) is 5.33. The van der Waals surface area contributed by atoms with Crippen molar-refractivity contribution in [3.63, 3.8) is 0 Å². The van der Waals surface area contributed by atoms with Crippen LogP contribution in [0.15, 0.2) is 42.5 Å². The van der Waals surface area contributed by atoms with Gasteiger partial charge >= 0.3 is 0 Å². The summed E-state index contributed by atoms with van der Waals surface area (Å²) in [5.74, 6) is 1.04. The fourth-order valence-electron chi connectivity index (χ4n) is 3.25. The molecule has 1 aliphatic heterocycles. The van der Waals surface area contributed by atoms with Crippen LogP contribution in [0.4, 0.5) is 5.69 Å². The first kappa shape index (κ1) is 19.1. The minimum atomic E-state index is -0.260. The van der Waals surface area contributed by atoms with Crippen LogP contribution in [0.25, 0.3) is 5.70 Å². The summed E-state index contributed by atoms with van der Waals surface area (Å²) in [6.45, 7) is 4.18. The fourth-order valence-corrected chi connectivity index (χ4v) is 3.43. The van der Waals surface area contributed by atoms with Crippen LogP contribution in [0.5, 0.6) is 11.5 Å². The van der Waals surface area contributed by atoms with Crippen LogP contribution in [0.1, 0.15) is 25.0 Å². The zero-order valence-corrected chi connectivity index (χ0v) is 16.6. The Labute approximate surface area is 164 Å². The highest BCUT2D eigenvalue weighted by Crippen LogP contribution is 2.38. The molecule has 0 spiro atoms. The van der Waals surface area contributed by atoms with Gasteiger partial charge in [0.15, 0.2) is 11.5 Å². The molecule has 5 nitrogen and oxygen atoms in total. The van der Waals surface area contributed by atoms with Gasteiger partial charge in [-0.05, 0) is 50.1 Å². The molecular weight excluding hydrogens is 364 g/mol. The van der Waals surface area contributed by atoms with Gasteiger partial charge in [0.25, 0.3) is 5.91 Å². The molecule has 2 aromatic carbocycles.